The third kappa shape index (κ3) is 4.28. The van der Waals surface area contributed by atoms with Crippen LogP contribution in [-0.2, 0) is 16.1 Å². The Hall–Kier alpha value is -3.85. The van der Waals surface area contributed by atoms with Crippen molar-refractivity contribution in [2.45, 2.75) is 6.54 Å². The molecule has 0 atom stereocenters. The molecule has 9 nitrogen and oxygen atoms in total. The number of ether oxygens (including phenoxy) is 3. The Balaban J connectivity index is 1.27. The molecule has 0 saturated carbocycles. The molecule has 5 rings (SSSR count). The zero-order valence-electron chi connectivity index (χ0n) is 17.3. The number of hydrogen-bond donors (Lipinski definition) is 1. The van der Waals surface area contributed by atoms with Crippen LogP contribution in [0.4, 0.5) is 11.4 Å². The van der Waals surface area contributed by atoms with Crippen LogP contribution in [0.5, 0.6) is 11.5 Å². The highest BCUT2D eigenvalue weighted by Gasteiger charge is 2.16. The summed E-state index contributed by atoms with van der Waals surface area (Å²) in [5.41, 5.74) is 2.72. The van der Waals surface area contributed by atoms with E-state index in [0.29, 0.717) is 36.1 Å². The average Bonchev–Trinajstić information content (AvgIpc) is 3.29. The normalized spacial score (nSPS) is 14.9. The summed E-state index contributed by atoms with van der Waals surface area (Å²) in [6.45, 7) is 3.11. The maximum atomic E-state index is 12.5. The van der Waals surface area contributed by atoms with Crippen molar-refractivity contribution < 1.29 is 19.0 Å². The molecule has 0 aliphatic carbocycles. The number of nitrogens with one attached hydrogen (secondary N) is 1. The molecule has 1 amide bonds. The number of amides is 1. The zero-order valence-corrected chi connectivity index (χ0v) is 17.3. The van der Waals surface area contributed by atoms with Crippen molar-refractivity contribution in [2.75, 3.05) is 43.3 Å². The van der Waals surface area contributed by atoms with E-state index in [0.717, 1.165) is 29.0 Å². The summed E-state index contributed by atoms with van der Waals surface area (Å²) >= 11 is 0. The molecule has 2 aliphatic rings. The smallest absolute Gasteiger partial charge is 0.267 e. The molecule has 3 aromatic rings. The van der Waals surface area contributed by atoms with Gasteiger partial charge in [0.15, 0.2) is 11.5 Å². The fourth-order valence-electron chi connectivity index (χ4n) is 3.69. The first-order valence-electron chi connectivity index (χ1n) is 10.4. The predicted octanol–water partition coefficient (Wildman–Crippen LogP) is 2.11. The second-order valence-electron chi connectivity index (χ2n) is 7.48. The van der Waals surface area contributed by atoms with Crippen molar-refractivity contribution in [2.24, 2.45) is 0 Å². The largest absolute Gasteiger partial charge is 0.454 e. The van der Waals surface area contributed by atoms with Gasteiger partial charge in [-0.2, -0.15) is 5.10 Å². The van der Waals surface area contributed by atoms with Gasteiger partial charge < -0.3 is 24.4 Å². The monoisotopic (exact) mass is 434 g/mol. The molecule has 0 bridgehead atoms. The van der Waals surface area contributed by atoms with Gasteiger partial charge in [-0.05, 0) is 48.5 Å². The number of fused-ring (bicyclic) bond motifs is 1. The van der Waals surface area contributed by atoms with E-state index in [-0.39, 0.29) is 24.8 Å². The van der Waals surface area contributed by atoms with Gasteiger partial charge in [-0.1, -0.05) is 0 Å². The van der Waals surface area contributed by atoms with Crippen molar-refractivity contribution >= 4 is 17.3 Å². The van der Waals surface area contributed by atoms with Crippen LogP contribution in [0.3, 0.4) is 0 Å². The van der Waals surface area contributed by atoms with Gasteiger partial charge in [-0.3, -0.25) is 9.59 Å². The molecule has 164 valence electrons. The van der Waals surface area contributed by atoms with Gasteiger partial charge in [-0.15, -0.1) is 0 Å². The highest BCUT2D eigenvalue weighted by Crippen LogP contribution is 2.35. The lowest BCUT2D eigenvalue weighted by Crippen LogP contribution is -2.36. The lowest BCUT2D eigenvalue weighted by Gasteiger charge is -2.28. The number of carbonyl (C=O) groups excluding carboxylic acids is 1. The van der Waals surface area contributed by atoms with Crippen molar-refractivity contribution in [1.29, 1.82) is 0 Å². The number of anilines is 2. The molecule has 1 saturated heterocycles. The zero-order chi connectivity index (χ0) is 21.9. The first-order chi connectivity index (χ1) is 15.7. The van der Waals surface area contributed by atoms with Crippen LogP contribution in [0.25, 0.3) is 11.3 Å². The Kier molecular flexibility index (Phi) is 5.47. The SMILES string of the molecule is O=C(Cn1nc(-c2ccc3c(c2)OCO3)ccc1=O)Nc1ccc(N2CCOCC2)cc1. The highest BCUT2D eigenvalue weighted by molar-refractivity contribution is 5.90. The van der Waals surface area contributed by atoms with E-state index in [4.69, 9.17) is 14.2 Å². The van der Waals surface area contributed by atoms with Gasteiger partial charge in [0.05, 0.1) is 18.9 Å². The number of benzene rings is 2. The molecular weight excluding hydrogens is 412 g/mol. The van der Waals surface area contributed by atoms with Gasteiger partial charge in [0.25, 0.3) is 5.56 Å². The summed E-state index contributed by atoms with van der Waals surface area (Å²) in [4.78, 5) is 27.0. The number of aromatic nitrogens is 2. The van der Waals surface area contributed by atoms with E-state index < -0.39 is 0 Å². The van der Waals surface area contributed by atoms with Crippen LogP contribution in [0.2, 0.25) is 0 Å². The molecule has 3 heterocycles. The quantitative estimate of drug-likeness (QED) is 0.657. The molecule has 0 unspecified atom stereocenters. The summed E-state index contributed by atoms with van der Waals surface area (Å²) in [6.07, 6.45) is 0. The van der Waals surface area contributed by atoms with E-state index in [1.54, 1.807) is 18.2 Å². The van der Waals surface area contributed by atoms with Crippen LogP contribution >= 0.6 is 0 Å². The van der Waals surface area contributed by atoms with Gasteiger partial charge in [0.1, 0.15) is 6.54 Å². The Morgan fingerprint density at radius 1 is 0.969 bits per heavy atom. The molecule has 2 aliphatic heterocycles. The van der Waals surface area contributed by atoms with Crippen molar-refractivity contribution in [3.05, 3.63) is 65.0 Å². The van der Waals surface area contributed by atoms with Crippen LogP contribution in [0.15, 0.2) is 59.4 Å². The molecular formula is C23H22N4O5. The molecule has 1 aromatic heterocycles. The Morgan fingerprint density at radius 2 is 1.75 bits per heavy atom. The molecule has 1 fully saturated rings. The summed E-state index contributed by atoms with van der Waals surface area (Å²) in [6, 6.07) is 16.1. The second kappa shape index (κ2) is 8.72. The standard InChI is InChI=1S/C23H22N4O5/c28-22(24-17-2-4-18(5-3-17)26-9-11-30-12-10-26)14-27-23(29)8-6-19(25-27)16-1-7-20-21(13-16)32-15-31-20/h1-8,13H,9-12,14-15H2,(H,24,28). The molecule has 32 heavy (non-hydrogen) atoms. The highest BCUT2D eigenvalue weighted by atomic mass is 16.7. The first kappa shape index (κ1) is 20.1. The molecule has 2 aromatic carbocycles. The second-order valence-corrected chi connectivity index (χ2v) is 7.48. The van der Waals surface area contributed by atoms with E-state index >= 15 is 0 Å². The maximum Gasteiger partial charge on any atom is 0.267 e. The molecule has 9 heteroatoms. The van der Waals surface area contributed by atoms with Gasteiger partial charge in [-0.25, -0.2) is 4.68 Å². The fraction of sp³-hybridized carbons (Fsp3) is 0.261. The number of carbonyl (C=O) groups is 1. The third-order valence-corrected chi connectivity index (χ3v) is 5.36. The summed E-state index contributed by atoms with van der Waals surface area (Å²) < 4.78 is 17.3. The lowest BCUT2D eigenvalue weighted by atomic mass is 10.1. The van der Waals surface area contributed by atoms with E-state index in [1.807, 2.05) is 30.3 Å². The third-order valence-electron chi connectivity index (χ3n) is 5.36. The minimum absolute atomic E-state index is 0.180. The average molecular weight is 434 g/mol. The summed E-state index contributed by atoms with van der Waals surface area (Å²) in [7, 11) is 0. The topological polar surface area (TPSA) is 94.9 Å². The van der Waals surface area contributed by atoms with E-state index in [1.165, 1.54) is 6.07 Å². The van der Waals surface area contributed by atoms with Gasteiger partial charge in [0.2, 0.25) is 12.7 Å². The number of rotatable bonds is 5. The van der Waals surface area contributed by atoms with Gasteiger partial charge in [0, 0.05) is 36.1 Å². The lowest BCUT2D eigenvalue weighted by molar-refractivity contribution is -0.117. The van der Waals surface area contributed by atoms with E-state index in [2.05, 4.69) is 15.3 Å². The minimum atomic E-state index is -0.354. The number of hydrogen-bond acceptors (Lipinski definition) is 7. The van der Waals surface area contributed by atoms with Crippen molar-refractivity contribution in [3.63, 3.8) is 0 Å². The van der Waals surface area contributed by atoms with Crippen molar-refractivity contribution in [1.82, 2.24) is 9.78 Å². The molecule has 0 radical (unpaired) electrons. The Morgan fingerprint density at radius 3 is 2.56 bits per heavy atom. The van der Waals surface area contributed by atoms with Crippen LogP contribution < -0.4 is 25.2 Å². The first-order valence-corrected chi connectivity index (χ1v) is 10.4. The van der Waals surface area contributed by atoms with Crippen LogP contribution in [0, 0.1) is 0 Å². The summed E-state index contributed by atoms with van der Waals surface area (Å²) in [5.74, 6) is 0.961. The predicted molar refractivity (Wildman–Crippen MR) is 118 cm³/mol. The number of nitrogens with zero attached hydrogens (tertiary/aromatic N) is 3. The minimum Gasteiger partial charge on any atom is -0.454 e. The Labute approximate surface area is 184 Å². The van der Waals surface area contributed by atoms with Crippen molar-refractivity contribution in [3.8, 4) is 22.8 Å². The maximum absolute atomic E-state index is 12.5. The van der Waals surface area contributed by atoms with Crippen LogP contribution in [-0.4, -0.2) is 48.8 Å². The van der Waals surface area contributed by atoms with E-state index in [9.17, 15) is 9.59 Å². The summed E-state index contributed by atoms with van der Waals surface area (Å²) in [5, 5.41) is 7.18. The fourth-order valence-corrected chi connectivity index (χ4v) is 3.69. The Bertz CT molecular complexity index is 1190. The number of morpholine rings is 1. The molecule has 0 spiro atoms. The van der Waals surface area contributed by atoms with Gasteiger partial charge >= 0.3 is 0 Å². The molecule has 1 N–H and O–H groups in total. The van der Waals surface area contributed by atoms with Crippen LogP contribution in [0.1, 0.15) is 0 Å².